The molecule has 1 fully saturated rings. The summed E-state index contributed by atoms with van der Waals surface area (Å²) in [4.78, 5) is 29.9. The van der Waals surface area contributed by atoms with Gasteiger partial charge < -0.3 is 28.2 Å². The topological polar surface area (TPSA) is 109 Å². The number of aryl methyl sites for hydroxylation is 1. The number of hydrogen-bond donors (Lipinski definition) is 0. The molecule has 1 atom stereocenters. The molecule has 0 N–H and O–H groups in total. The molecule has 3 aromatic carbocycles. The molecule has 262 valence electrons. The van der Waals surface area contributed by atoms with Crippen molar-refractivity contribution < 1.29 is 19.0 Å². The fourth-order valence-corrected chi connectivity index (χ4v) is 7.33. The average Bonchev–Trinajstić information content (AvgIpc) is 3.88. The first-order valence-corrected chi connectivity index (χ1v) is 17.1. The van der Waals surface area contributed by atoms with Crippen molar-refractivity contribution in [3.05, 3.63) is 101 Å². The Labute approximate surface area is 296 Å². The Morgan fingerprint density at radius 3 is 2.39 bits per heavy atom. The van der Waals surface area contributed by atoms with Crippen LogP contribution in [0.15, 0.2) is 83.9 Å². The number of aromatic nitrogens is 4. The number of ether oxygens (including phenoxy) is 3. The van der Waals surface area contributed by atoms with Crippen LogP contribution in [0.2, 0.25) is 0 Å². The van der Waals surface area contributed by atoms with Gasteiger partial charge in [0.1, 0.15) is 28.9 Å². The highest BCUT2D eigenvalue weighted by atomic mass is 16.6. The van der Waals surface area contributed by atoms with Crippen molar-refractivity contribution in [3.63, 3.8) is 0 Å². The summed E-state index contributed by atoms with van der Waals surface area (Å²) in [6.45, 7) is 6.89. The minimum Gasteiger partial charge on any atom is -0.497 e. The van der Waals surface area contributed by atoms with E-state index in [9.17, 15) is 14.9 Å². The highest BCUT2D eigenvalue weighted by Gasteiger charge is 2.34. The first kappa shape index (κ1) is 33.6. The monoisotopic (exact) mass is 686 g/mol. The van der Waals surface area contributed by atoms with E-state index >= 15 is 0 Å². The Morgan fingerprint density at radius 2 is 1.69 bits per heavy atom. The molecule has 6 aromatic rings. The third-order valence-corrected chi connectivity index (χ3v) is 9.64. The number of imidazole rings is 1. The first-order chi connectivity index (χ1) is 24.5. The fraction of sp³-hybridized carbons (Fsp3) is 0.325. The van der Waals surface area contributed by atoms with Gasteiger partial charge in [-0.15, -0.1) is 0 Å². The molecule has 4 heterocycles. The molecule has 11 heteroatoms. The number of carbonyl (C=O) groups excluding carboxylic acids is 1. The summed E-state index contributed by atoms with van der Waals surface area (Å²) < 4.78 is 24.2. The van der Waals surface area contributed by atoms with Crippen LogP contribution in [0, 0.1) is 11.3 Å². The lowest BCUT2D eigenvalue weighted by Crippen LogP contribution is -2.41. The number of nitriles is 1. The van der Waals surface area contributed by atoms with Crippen molar-refractivity contribution in [3.8, 4) is 34.5 Å². The molecule has 51 heavy (non-hydrogen) atoms. The summed E-state index contributed by atoms with van der Waals surface area (Å²) in [6, 6.07) is 23.7. The van der Waals surface area contributed by atoms with Crippen LogP contribution in [-0.4, -0.2) is 61.7 Å². The lowest BCUT2D eigenvalue weighted by Gasteiger charge is -2.29. The van der Waals surface area contributed by atoms with E-state index < -0.39 is 5.60 Å². The van der Waals surface area contributed by atoms with Crippen LogP contribution in [0.25, 0.3) is 38.8 Å². The maximum Gasteiger partial charge on any atom is 0.410 e. The molecule has 1 saturated heterocycles. The molecule has 0 bridgehead atoms. The van der Waals surface area contributed by atoms with Gasteiger partial charge in [0.05, 0.1) is 38.2 Å². The predicted molar refractivity (Wildman–Crippen MR) is 197 cm³/mol. The molecule has 0 aliphatic carbocycles. The minimum absolute atomic E-state index is 0.0775. The quantitative estimate of drug-likeness (QED) is 0.169. The number of benzene rings is 3. The molecule has 0 radical (unpaired) electrons. The number of amides is 1. The largest absolute Gasteiger partial charge is 0.497 e. The fourth-order valence-electron chi connectivity index (χ4n) is 7.33. The second-order valence-corrected chi connectivity index (χ2v) is 14.0. The zero-order valence-corrected chi connectivity index (χ0v) is 29.8. The van der Waals surface area contributed by atoms with Crippen molar-refractivity contribution >= 4 is 27.9 Å². The number of hydrogen-bond acceptors (Lipinski definition) is 6. The van der Waals surface area contributed by atoms with Crippen LogP contribution < -0.4 is 15.2 Å². The molecule has 0 spiro atoms. The molecule has 7 rings (SSSR count). The molecule has 1 aliphatic rings. The maximum absolute atomic E-state index is 14.8. The van der Waals surface area contributed by atoms with Gasteiger partial charge in [-0.25, -0.2) is 9.59 Å². The van der Waals surface area contributed by atoms with Gasteiger partial charge in [0.2, 0.25) is 0 Å². The van der Waals surface area contributed by atoms with Gasteiger partial charge in [-0.3, -0.25) is 9.13 Å². The molecular weight excluding hydrogens is 644 g/mol. The Hall–Kier alpha value is -5.89. The van der Waals surface area contributed by atoms with E-state index in [-0.39, 0.29) is 30.1 Å². The SMILES string of the molecule is COc1ccc(Cn2c(C#N)c(-c3cn(C[C@H]4CCCN4C(=O)OC(C)(C)C)c4ccccc34)n(-c3cn(C)c4ccccc34)c2=O)c(OC)c1. The Bertz CT molecular complexity index is 2380. The molecular formula is C40H42N6O5. The van der Waals surface area contributed by atoms with Crippen LogP contribution in [0.3, 0.4) is 0 Å². The van der Waals surface area contributed by atoms with Gasteiger partial charge >= 0.3 is 11.8 Å². The third-order valence-electron chi connectivity index (χ3n) is 9.64. The van der Waals surface area contributed by atoms with Gasteiger partial charge in [-0.1, -0.05) is 36.4 Å². The normalized spacial score (nSPS) is 14.7. The van der Waals surface area contributed by atoms with Crippen LogP contribution in [0.5, 0.6) is 11.5 Å². The number of likely N-dealkylation sites (tertiary alicyclic amines) is 1. The summed E-state index contributed by atoms with van der Waals surface area (Å²) >= 11 is 0. The van der Waals surface area contributed by atoms with Gasteiger partial charge in [0.15, 0.2) is 0 Å². The van der Waals surface area contributed by atoms with E-state index in [4.69, 9.17) is 14.2 Å². The van der Waals surface area contributed by atoms with E-state index in [1.165, 1.54) is 4.57 Å². The third kappa shape index (κ3) is 6.01. The maximum atomic E-state index is 14.8. The van der Waals surface area contributed by atoms with Crippen LogP contribution in [-0.2, 0) is 24.9 Å². The molecule has 1 amide bonds. The molecule has 3 aromatic heterocycles. The number of carbonyl (C=O) groups is 1. The van der Waals surface area contributed by atoms with E-state index in [2.05, 4.69) is 10.6 Å². The Balaban J connectivity index is 1.43. The minimum atomic E-state index is -0.598. The highest BCUT2D eigenvalue weighted by molar-refractivity contribution is 5.98. The molecule has 0 saturated carbocycles. The second-order valence-electron chi connectivity index (χ2n) is 14.0. The number of para-hydroxylation sites is 2. The van der Waals surface area contributed by atoms with E-state index in [1.54, 1.807) is 24.9 Å². The zero-order valence-electron chi connectivity index (χ0n) is 29.8. The standard InChI is InChI=1S/C40H42N6O5/c1-40(2,3)51-39(48)44-19-11-12-27(44)23-43-24-31(29-13-7-10-16-33(29)43)37-34(21-41)45(22-26-17-18-28(49-5)20-36(26)50-6)38(47)46(37)35-25-42(4)32-15-9-8-14-30(32)35/h7-10,13-18,20,24-25,27H,11-12,19,22-23H2,1-6H3/t27-/m1/s1. The number of fused-ring (bicyclic) bond motifs is 2. The Kier molecular flexibility index (Phi) is 8.63. The smallest absolute Gasteiger partial charge is 0.410 e. The Morgan fingerprint density at radius 1 is 0.961 bits per heavy atom. The van der Waals surface area contributed by atoms with E-state index in [0.717, 1.165) is 45.8 Å². The molecule has 1 aliphatic heterocycles. The zero-order chi connectivity index (χ0) is 36.0. The van der Waals surface area contributed by atoms with E-state index in [0.29, 0.717) is 36.0 Å². The van der Waals surface area contributed by atoms with Crippen LogP contribution in [0.1, 0.15) is 44.9 Å². The summed E-state index contributed by atoms with van der Waals surface area (Å²) in [5, 5.41) is 12.7. The van der Waals surface area contributed by atoms with Crippen molar-refractivity contribution in [2.24, 2.45) is 7.05 Å². The van der Waals surface area contributed by atoms with Crippen LogP contribution >= 0.6 is 0 Å². The van der Waals surface area contributed by atoms with Crippen molar-refractivity contribution in [2.75, 3.05) is 20.8 Å². The second kappa shape index (κ2) is 13.1. The van der Waals surface area contributed by atoms with Gasteiger partial charge in [0.25, 0.3) is 0 Å². The lowest BCUT2D eigenvalue weighted by molar-refractivity contribution is 0.0215. The predicted octanol–water partition coefficient (Wildman–Crippen LogP) is 7.09. The summed E-state index contributed by atoms with van der Waals surface area (Å²) in [5.74, 6) is 1.17. The average molecular weight is 687 g/mol. The van der Waals surface area contributed by atoms with Gasteiger partial charge in [0, 0.05) is 71.5 Å². The van der Waals surface area contributed by atoms with Gasteiger partial charge in [-0.2, -0.15) is 5.26 Å². The highest BCUT2D eigenvalue weighted by Crippen LogP contribution is 2.37. The molecule has 0 unspecified atom stereocenters. The number of nitrogens with zero attached hydrogens (tertiary/aromatic N) is 6. The molecule has 11 nitrogen and oxygen atoms in total. The van der Waals surface area contributed by atoms with Crippen molar-refractivity contribution in [1.82, 2.24) is 23.2 Å². The number of methoxy groups -OCH3 is 2. The summed E-state index contributed by atoms with van der Waals surface area (Å²) in [7, 11) is 5.11. The van der Waals surface area contributed by atoms with Gasteiger partial charge in [-0.05, 0) is 57.9 Å². The van der Waals surface area contributed by atoms with Crippen LogP contribution in [0.4, 0.5) is 4.79 Å². The summed E-state index contributed by atoms with van der Waals surface area (Å²) in [5.41, 5.74) is 3.82. The van der Waals surface area contributed by atoms with Crippen molar-refractivity contribution in [1.29, 1.82) is 5.26 Å². The first-order valence-electron chi connectivity index (χ1n) is 17.1. The number of rotatable bonds is 8. The lowest BCUT2D eigenvalue weighted by atomic mass is 10.1. The van der Waals surface area contributed by atoms with E-state index in [1.807, 2.05) is 110 Å². The summed E-state index contributed by atoms with van der Waals surface area (Å²) in [6.07, 6.45) is 5.36. The van der Waals surface area contributed by atoms with Crippen molar-refractivity contribution in [2.45, 2.75) is 58.3 Å².